The lowest BCUT2D eigenvalue weighted by atomic mass is 9.93. The molecule has 2 aliphatic rings. The van der Waals surface area contributed by atoms with Crippen molar-refractivity contribution >= 4 is 17.1 Å². The first-order valence-electron chi connectivity index (χ1n) is 9.24. The highest BCUT2D eigenvalue weighted by Gasteiger charge is 2.28. The van der Waals surface area contributed by atoms with E-state index in [4.69, 9.17) is 0 Å². The number of nitrogens with zero attached hydrogens (tertiary/aromatic N) is 4. The zero-order valence-electron chi connectivity index (χ0n) is 14.1. The number of likely N-dealkylation sites (tertiary alicyclic amines) is 1. The number of H-pyrrole nitrogens is 1. The quantitative estimate of drug-likeness (QED) is 0.936. The Hall–Kier alpha value is -1.98. The Kier molecular flexibility index (Phi) is 4.45. The van der Waals surface area contributed by atoms with E-state index in [2.05, 4.69) is 20.2 Å². The molecule has 1 saturated heterocycles. The van der Waals surface area contributed by atoms with E-state index in [1.807, 2.05) is 4.90 Å². The fraction of sp³-hybridized carbons (Fsp3) is 0.667. The Morgan fingerprint density at radius 3 is 2.88 bits per heavy atom. The average molecular weight is 327 g/mol. The van der Waals surface area contributed by atoms with E-state index in [0.29, 0.717) is 18.0 Å². The zero-order valence-corrected chi connectivity index (χ0v) is 14.1. The Morgan fingerprint density at radius 2 is 2.00 bits per heavy atom. The zero-order chi connectivity index (χ0) is 16.4. The first-order valence-corrected chi connectivity index (χ1v) is 9.24. The number of carbonyl (C=O) groups is 1. The van der Waals surface area contributed by atoms with Gasteiger partial charge < -0.3 is 4.90 Å². The van der Waals surface area contributed by atoms with Gasteiger partial charge in [-0.05, 0) is 25.2 Å². The van der Waals surface area contributed by atoms with Gasteiger partial charge in [-0.3, -0.25) is 9.89 Å². The number of piperidine rings is 1. The predicted octanol–water partition coefficient (Wildman–Crippen LogP) is 3.03. The van der Waals surface area contributed by atoms with E-state index in [0.717, 1.165) is 49.5 Å². The number of aromatic nitrogens is 4. The topological polar surface area (TPSA) is 74.8 Å². The van der Waals surface area contributed by atoms with Crippen LogP contribution >= 0.6 is 0 Å². The third kappa shape index (κ3) is 3.14. The standard InChI is InChI=1S/C18H25N5O/c24-15(8-7-13-4-1-2-5-13)23-11-3-6-14(12-23)16-17-18(22-21-16)20-10-9-19-17/h9-10,13-14H,1-8,11-12H2,(H,20,21,22). The van der Waals surface area contributed by atoms with Gasteiger partial charge in [0.15, 0.2) is 5.65 Å². The molecule has 0 spiro atoms. The summed E-state index contributed by atoms with van der Waals surface area (Å²) in [5.74, 6) is 1.39. The highest BCUT2D eigenvalue weighted by atomic mass is 16.2. The molecule has 1 aliphatic heterocycles. The van der Waals surface area contributed by atoms with Crippen molar-refractivity contribution in [2.24, 2.45) is 5.92 Å². The first-order chi connectivity index (χ1) is 11.8. The molecule has 3 heterocycles. The Labute approximate surface area is 142 Å². The van der Waals surface area contributed by atoms with E-state index < -0.39 is 0 Å². The number of rotatable bonds is 4. The van der Waals surface area contributed by atoms with Crippen LogP contribution in [0.1, 0.15) is 63.0 Å². The summed E-state index contributed by atoms with van der Waals surface area (Å²) in [7, 11) is 0. The molecule has 2 aromatic rings. The average Bonchev–Trinajstić information content (AvgIpc) is 3.29. The van der Waals surface area contributed by atoms with Crippen LogP contribution in [-0.2, 0) is 4.79 Å². The number of nitrogens with one attached hydrogen (secondary N) is 1. The smallest absolute Gasteiger partial charge is 0.222 e. The third-order valence-corrected chi connectivity index (χ3v) is 5.64. The van der Waals surface area contributed by atoms with Crippen LogP contribution in [0.5, 0.6) is 0 Å². The van der Waals surface area contributed by atoms with Crippen molar-refractivity contribution in [1.29, 1.82) is 0 Å². The largest absolute Gasteiger partial charge is 0.342 e. The molecule has 1 amide bonds. The van der Waals surface area contributed by atoms with Crippen molar-refractivity contribution in [3.63, 3.8) is 0 Å². The monoisotopic (exact) mass is 327 g/mol. The lowest BCUT2D eigenvalue weighted by Crippen LogP contribution is -2.39. The van der Waals surface area contributed by atoms with Gasteiger partial charge in [-0.1, -0.05) is 25.7 Å². The Balaban J connectivity index is 1.40. The van der Waals surface area contributed by atoms with Gasteiger partial charge in [0.2, 0.25) is 5.91 Å². The minimum Gasteiger partial charge on any atom is -0.342 e. The van der Waals surface area contributed by atoms with Crippen LogP contribution in [-0.4, -0.2) is 44.1 Å². The SMILES string of the molecule is O=C(CCC1CCCC1)N1CCCC(c2[nH]nc3nccnc23)C1. The maximum Gasteiger partial charge on any atom is 0.222 e. The van der Waals surface area contributed by atoms with Crippen LogP contribution in [0.15, 0.2) is 12.4 Å². The van der Waals surface area contributed by atoms with Crippen molar-refractivity contribution < 1.29 is 4.79 Å². The fourth-order valence-corrected chi connectivity index (χ4v) is 4.28. The summed E-state index contributed by atoms with van der Waals surface area (Å²) in [6.07, 6.45) is 12.6. The number of fused-ring (bicyclic) bond motifs is 1. The van der Waals surface area contributed by atoms with Crippen molar-refractivity contribution in [1.82, 2.24) is 25.1 Å². The lowest BCUT2D eigenvalue weighted by Gasteiger charge is -2.32. The molecule has 2 fully saturated rings. The molecular weight excluding hydrogens is 302 g/mol. The molecule has 0 aromatic carbocycles. The minimum atomic E-state index is 0.288. The van der Waals surface area contributed by atoms with Gasteiger partial charge in [0.05, 0.1) is 5.69 Å². The number of hydrogen-bond acceptors (Lipinski definition) is 4. The second-order valence-electron chi connectivity index (χ2n) is 7.23. The maximum absolute atomic E-state index is 12.6. The number of hydrogen-bond donors (Lipinski definition) is 1. The van der Waals surface area contributed by atoms with Crippen LogP contribution < -0.4 is 0 Å². The van der Waals surface area contributed by atoms with Gasteiger partial charge in [0.1, 0.15) is 5.52 Å². The second-order valence-corrected chi connectivity index (χ2v) is 7.23. The predicted molar refractivity (Wildman–Crippen MR) is 91.4 cm³/mol. The fourth-order valence-electron chi connectivity index (χ4n) is 4.28. The van der Waals surface area contributed by atoms with E-state index in [9.17, 15) is 4.79 Å². The van der Waals surface area contributed by atoms with E-state index in [1.54, 1.807) is 12.4 Å². The molecule has 128 valence electrons. The second kappa shape index (κ2) is 6.87. The van der Waals surface area contributed by atoms with E-state index in [-0.39, 0.29) is 5.92 Å². The summed E-state index contributed by atoms with van der Waals surface area (Å²) >= 11 is 0. The Bertz CT molecular complexity index is 706. The van der Waals surface area contributed by atoms with Crippen molar-refractivity contribution in [3.05, 3.63) is 18.1 Å². The molecule has 1 unspecified atom stereocenters. The van der Waals surface area contributed by atoms with Crippen LogP contribution in [0.2, 0.25) is 0 Å². The molecule has 1 aliphatic carbocycles. The van der Waals surface area contributed by atoms with Crippen molar-refractivity contribution in [2.75, 3.05) is 13.1 Å². The molecule has 4 rings (SSSR count). The summed E-state index contributed by atoms with van der Waals surface area (Å²) in [4.78, 5) is 23.3. The van der Waals surface area contributed by atoms with E-state index in [1.165, 1.54) is 25.7 Å². The summed E-state index contributed by atoms with van der Waals surface area (Å²) < 4.78 is 0. The van der Waals surface area contributed by atoms with Crippen LogP contribution in [0.3, 0.4) is 0 Å². The summed E-state index contributed by atoms with van der Waals surface area (Å²) in [6.45, 7) is 1.66. The third-order valence-electron chi connectivity index (χ3n) is 5.64. The van der Waals surface area contributed by atoms with Gasteiger partial charge in [-0.25, -0.2) is 9.97 Å². The molecule has 1 saturated carbocycles. The minimum absolute atomic E-state index is 0.288. The molecule has 6 heteroatoms. The molecule has 2 aromatic heterocycles. The highest BCUT2D eigenvalue weighted by molar-refractivity contribution is 5.77. The number of carbonyl (C=O) groups excluding carboxylic acids is 1. The molecule has 6 nitrogen and oxygen atoms in total. The molecule has 0 bridgehead atoms. The van der Waals surface area contributed by atoms with Gasteiger partial charge >= 0.3 is 0 Å². The summed E-state index contributed by atoms with van der Waals surface area (Å²) in [5.41, 5.74) is 2.55. The van der Waals surface area contributed by atoms with Gasteiger partial charge in [0, 0.05) is 37.8 Å². The van der Waals surface area contributed by atoms with Gasteiger partial charge in [-0.2, -0.15) is 5.10 Å². The number of amides is 1. The molecule has 1 N–H and O–H groups in total. The van der Waals surface area contributed by atoms with Gasteiger partial charge in [0.25, 0.3) is 0 Å². The summed E-state index contributed by atoms with van der Waals surface area (Å²) in [5, 5.41) is 7.36. The maximum atomic E-state index is 12.6. The highest BCUT2D eigenvalue weighted by Crippen LogP contribution is 2.31. The van der Waals surface area contributed by atoms with Crippen LogP contribution in [0.25, 0.3) is 11.2 Å². The van der Waals surface area contributed by atoms with Crippen molar-refractivity contribution in [3.8, 4) is 0 Å². The number of aromatic amines is 1. The molecule has 24 heavy (non-hydrogen) atoms. The summed E-state index contributed by atoms with van der Waals surface area (Å²) in [6, 6.07) is 0. The lowest BCUT2D eigenvalue weighted by molar-refractivity contribution is -0.132. The normalized spacial score (nSPS) is 22.3. The molecule has 0 radical (unpaired) electrons. The Morgan fingerprint density at radius 1 is 1.17 bits per heavy atom. The van der Waals surface area contributed by atoms with E-state index >= 15 is 0 Å². The molecular formula is C18H25N5O. The van der Waals surface area contributed by atoms with Crippen LogP contribution in [0.4, 0.5) is 0 Å². The van der Waals surface area contributed by atoms with Crippen LogP contribution in [0, 0.1) is 5.92 Å². The molecule has 1 atom stereocenters. The first kappa shape index (κ1) is 15.5. The van der Waals surface area contributed by atoms with Crippen molar-refractivity contribution in [2.45, 2.75) is 57.3 Å². The van der Waals surface area contributed by atoms with Gasteiger partial charge in [-0.15, -0.1) is 0 Å².